The van der Waals surface area contributed by atoms with E-state index in [0.717, 1.165) is 45.1 Å². The zero-order valence-electron chi connectivity index (χ0n) is 11.2. The van der Waals surface area contributed by atoms with Gasteiger partial charge in [0, 0.05) is 18.4 Å². The highest BCUT2D eigenvalue weighted by Crippen LogP contribution is 2.41. The Hall–Kier alpha value is -0.0200. The van der Waals surface area contributed by atoms with Crippen LogP contribution >= 0.6 is 11.8 Å². The molecule has 1 aliphatic carbocycles. The Labute approximate surface area is 114 Å². The monoisotopic (exact) mass is 268 g/mol. The summed E-state index contributed by atoms with van der Waals surface area (Å²) in [5, 5.41) is 0. The molecule has 102 valence electrons. The van der Waals surface area contributed by atoms with Crippen molar-refractivity contribution in [1.82, 2.24) is 0 Å². The van der Waals surface area contributed by atoms with Crippen LogP contribution in [0.5, 0.6) is 0 Å². The molecule has 1 unspecified atom stereocenters. The molecule has 3 fully saturated rings. The van der Waals surface area contributed by atoms with Crippen molar-refractivity contribution in [3.05, 3.63) is 0 Å². The molecule has 3 heteroatoms. The highest BCUT2D eigenvalue weighted by atomic mass is 32.2. The van der Waals surface area contributed by atoms with Gasteiger partial charge in [-0.15, -0.1) is 0 Å². The van der Waals surface area contributed by atoms with Crippen LogP contribution in [0.4, 0.5) is 0 Å². The Morgan fingerprint density at radius 3 is 2.50 bits per heavy atom. The summed E-state index contributed by atoms with van der Waals surface area (Å²) in [5.41, 5.74) is 0.0719. The number of Topliss-reactive ketones (excluding diaryl/α,β-unsaturated/α-hetero) is 1. The summed E-state index contributed by atoms with van der Waals surface area (Å²) < 4.78 is 6.08. The molecule has 0 radical (unpaired) electrons. The fraction of sp³-hybridized carbons (Fsp3) is 0.933. The van der Waals surface area contributed by atoms with E-state index in [-0.39, 0.29) is 5.60 Å². The summed E-state index contributed by atoms with van der Waals surface area (Å²) in [4.78, 5) is 12.6. The van der Waals surface area contributed by atoms with E-state index >= 15 is 0 Å². The number of rotatable bonds is 2. The maximum atomic E-state index is 12.6. The second-order valence-electron chi connectivity index (χ2n) is 6.22. The molecule has 0 N–H and O–H groups in total. The third-order valence-corrected chi connectivity index (χ3v) is 6.04. The van der Waals surface area contributed by atoms with Crippen LogP contribution in [-0.4, -0.2) is 29.5 Å². The number of ether oxygens (including phenoxy) is 1. The number of ketones is 1. The zero-order valence-corrected chi connectivity index (χ0v) is 12.0. The summed E-state index contributed by atoms with van der Waals surface area (Å²) in [6, 6.07) is 0. The molecular weight excluding hydrogens is 244 g/mol. The van der Waals surface area contributed by atoms with Crippen LogP contribution in [0.3, 0.4) is 0 Å². The molecule has 1 spiro atoms. The minimum absolute atomic E-state index is 0.0719. The van der Waals surface area contributed by atoms with E-state index in [2.05, 4.69) is 0 Å². The fourth-order valence-electron chi connectivity index (χ4n) is 3.91. The first-order valence-electron chi connectivity index (χ1n) is 7.55. The van der Waals surface area contributed by atoms with Crippen molar-refractivity contribution in [2.45, 2.75) is 57.0 Å². The van der Waals surface area contributed by atoms with Crippen molar-refractivity contribution in [1.29, 1.82) is 0 Å². The van der Waals surface area contributed by atoms with Crippen molar-refractivity contribution in [3.8, 4) is 0 Å². The quantitative estimate of drug-likeness (QED) is 0.767. The molecular formula is C15H24O2S. The van der Waals surface area contributed by atoms with Gasteiger partial charge in [0.05, 0.1) is 5.60 Å². The van der Waals surface area contributed by atoms with E-state index in [1.165, 1.54) is 24.3 Å². The Morgan fingerprint density at radius 1 is 1.06 bits per heavy atom. The number of hydrogen-bond acceptors (Lipinski definition) is 3. The fourth-order valence-corrected chi connectivity index (χ4v) is 5.14. The van der Waals surface area contributed by atoms with Crippen LogP contribution in [0, 0.1) is 11.8 Å². The van der Waals surface area contributed by atoms with Crippen molar-refractivity contribution < 1.29 is 9.53 Å². The molecule has 0 aromatic carbocycles. The Morgan fingerprint density at radius 2 is 1.78 bits per heavy atom. The third kappa shape index (κ3) is 2.62. The lowest BCUT2D eigenvalue weighted by atomic mass is 9.77. The van der Waals surface area contributed by atoms with Crippen LogP contribution in [0.25, 0.3) is 0 Å². The van der Waals surface area contributed by atoms with E-state index in [4.69, 9.17) is 4.74 Å². The molecule has 0 aromatic rings. The lowest BCUT2D eigenvalue weighted by Crippen LogP contribution is -2.45. The van der Waals surface area contributed by atoms with Gasteiger partial charge in [0.2, 0.25) is 0 Å². The van der Waals surface area contributed by atoms with Crippen molar-refractivity contribution in [3.63, 3.8) is 0 Å². The predicted molar refractivity (Wildman–Crippen MR) is 74.9 cm³/mol. The maximum absolute atomic E-state index is 12.6. The van der Waals surface area contributed by atoms with E-state index in [1.807, 2.05) is 11.8 Å². The van der Waals surface area contributed by atoms with Crippen LogP contribution in [0.1, 0.15) is 51.4 Å². The molecule has 0 aromatic heterocycles. The van der Waals surface area contributed by atoms with Gasteiger partial charge in [-0.25, -0.2) is 0 Å². The minimum atomic E-state index is 0.0719. The molecule has 2 aliphatic heterocycles. The maximum Gasteiger partial charge on any atom is 0.139 e. The first kappa shape index (κ1) is 13.0. The molecule has 0 amide bonds. The summed E-state index contributed by atoms with van der Waals surface area (Å²) in [5.74, 6) is 3.70. The standard InChI is InChI=1S/C15H24O2S/c16-14(12-3-1-2-4-12)13-5-8-17-15(11-13)6-9-18-10-7-15/h12-13H,1-11H2. The molecule has 1 saturated carbocycles. The predicted octanol–water partition coefficient (Wildman–Crippen LogP) is 3.44. The lowest BCUT2D eigenvalue weighted by Gasteiger charge is -2.43. The SMILES string of the molecule is O=C(C1CCCC1)C1CCOC2(CCSCC2)C1. The molecule has 2 heterocycles. The van der Waals surface area contributed by atoms with Crippen molar-refractivity contribution >= 4 is 17.5 Å². The molecule has 2 nitrogen and oxygen atoms in total. The molecule has 0 bridgehead atoms. The van der Waals surface area contributed by atoms with Gasteiger partial charge in [0.25, 0.3) is 0 Å². The summed E-state index contributed by atoms with van der Waals surface area (Å²) in [6.07, 6.45) is 9.15. The summed E-state index contributed by atoms with van der Waals surface area (Å²) in [7, 11) is 0. The second-order valence-corrected chi connectivity index (χ2v) is 7.44. The van der Waals surface area contributed by atoms with Crippen LogP contribution in [-0.2, 0) is 9.53 Å². The minimum Gasteiger partial charge on any atom is -0.375 e. The van der Waals surface area contributed by atoms with Crippen LogP contribution in [0.2, 0.25) is 0 Å². The average molecular weight is 268 g/mol. The first-order valence-corrected chi connectivity index (χ1v) is 8.70. The van der Waals surface area contributed by atoms with E-state index in [1.54, 1.807) is 0 Å². The number of carbonyl (C=O) groups is 1. The van der Waals surface area contributed by atoms with Gasteiger partial charge in [0.1, 0.15) is 5.78 Å². The number of thioether (sulfide) groups is 1. The van der Waals surface area contributed by atoms with Crippen LogP contribution < -0.4 is 0 Å². The highest BCUT2D eigenvalue weighted by molar-refractivity contribution is 7.99. The molecule has 1 atom stereocenters. The third-order valence-electron chi connectivity index (χ3n) is 5.06. The lowest BCUT2D eigenvalue weighted by molar-refractivity contribution is -0.141. The first-order chi connectivity index (χ1) is 8.79. The molecule has 18 heavy (non-hydrogen) atoms. The van der Waals surface area contributed by atoms with Crippen molar-refractivity contribution in [2.75, 3.05) is 18.1 Å². The molecule has 3 rings (SSSR count). The van der Waals surface area contributed by atoms with Gasteiger partial charge >= 0.3 is 0 Å². The summed E-state index contributed by atoms with van der Waals surface area (Å²) in [6.45, 7) is 0.813. The van der Waals surface area contributed by atoms with Gasteiger partial charge in [-0.2, -0.15) is 11.8 Å². The van der Waals surface area contributed by atoms with Crippen LogP contribution in [0.15, 0.2) is 0 Å². The van der Waals surface area contributed by atoms with Gasteiger partial charge in [-0.1, -0.05) is 12.8 Å². The van der Waals surface area contributed by atoms with Gasteiger partial charge in [-0.3, -0.25) is 4.79 Å². The molecule has 3 aliphatic rings. The van der Waals surface area contributed by atoms with Gasteiger partial charge < -0.3 is 4.74 Å². The van der Waals surface area contributed by atoms with E-state index < -0.39 is 0 Å². The Kier molecular flexibility index (Phi) is 4.00. The van der Waals surface area contributed by atoms with Gasteiger partial charge in [-0.05, 0) is 50.0 Å². The Bertz CT molecular complexity index is 298. The topological polar surface area (TPSA) is 26.3 Å². The summed E-state index contributed by atoms with van der Waals surface area (Å²) >= 11 is 2.03. The van der Waals surface area contributed by atoms with Gasteiger partial charge in [0.15, 0.2) is 0 Å². The normalized spacial score (nSPS) is 32.8. The molecule has 2 saturated heterocycles. The number of carbonyl (C=O) groups excluding carboxylic acids is 1. The largest absolute Gasteiger partial charge is 0.375 e. The zero-order chi connectivity index (χ0) is 12.4. The van der Waals surface area contributed by atoms with Crippen molar-refractivity contribution in [2.24, 2.45) is 11.8 Å². The highest BCUT2D eigenvalue weighted by Gasteiger charge is 2.42. The second kappa shape index (κ2) is 5.54. The van der Waals surface area contributed by atoms with E-state index in [0.29, 0.717) is 17.6 Å². The Balaban J connectivity index is 1.64. The number of hydrogen-bond donors (Lipinski definition) is 0. The van der Waals surface area contributed by atoms with E-state index in [9.17, 15) is 4.79 Å². The smallest absolute Gasteiger partial charge is 0.139 e. The average Bonchev–Trinajstić information content (AvgIpc) is 2.93.